The number of amides is 2. The highest BCUT2D eigenvalue weighted by Gasteiger charge is 2.38. The Bertz CT molecular complexity index is 738. The lowest BCUT2D eigenvalue weighted by Gasteiger charge is -2.11. The van der Waals surface area contributed by atoms with Gasteiger partial charge in [-0.2, -0.15) is 0 Å². The molecule has 2 rings (SSSR count). The zero-order valence-corrected chi connectivity index (χ0v) is 17.6. The van der Waals surface area contributed by atoms with Crippen LogP contribution in [0.1, 0.15) is 107 Å². The van der Waals surface area contributed by atoms with Crippen molar-refractivity contribution in [1.82, 2.24) is 5.06 Å². The van der Waals surface area contributed by atoms with Gasteiger partial charge in [0.2, 0.25) is 0 Å². The quantitative estimate of drug-likeness (QED) is 0.234. The predicted octanol–water partition coefficient (Wildman–Crippen LogP) is 4.15. The highest BCUT2D eigenvalue weighted by Crippen LogP contribution is 2.26. The summed E-state index contributed by atoms with van der Waals surface area (Å²) in [6.45, 7) is 4.50. The molecule has 0 radical (unpaired) electrons. The lowest BCUT2D eigenvalue weighted by Crippen LogP contribution is -2.25. The Balaban J connectivity index is 2.20. The molecule has 1 N–H and O–H groups in total. The van der Waals surface area contributed by atoms with E-state index in [0.717, 1.165) is 50.7 Å². The minimum atomic E-state index is -0.952. The monoisotopic (exact) mass is 419 g/mol. The molecule has 0 aliphatic carbocycles. The van der Waals surface area contributed by atoms with Gasteiger partial charge in [-0.15, -0.1) is 5.06 Å². The molecule has 0 bridgehead atoms. The van der Waals surface area contributed by atoms with Crippen LogP contribution in [0.5, 0.6) is 0 Å². The molecular formula is C22H29NO7. The van der Waals surface area contributed by atoms with Crippen molar-refractivity contribution in [3.63, 3.8) is 0 Å². The molecule has 0 aromatic heterocycles. The van der Waals surface area contributed by atoms with E-state index in [1.54, 1.807) is 0 Å². The maximum atomic E-state index is 12.6. The number of fused-ring (bicyclic) bond motifs is 1. The van der Waals surface area contributed by atoms with Crippen LogP contribution in [0.25, 0.3) is 0 Å². The van der Waals surface area contributed by atoms with Crippen LogP contribution in [-0.2, 0) is 9.47 Å². The molecule has 164 valence electrons. The molecule has 0 saturated heterocycles. The van der Waals surface area contributed by atoms with Gasteiger partial charge in [-0.3, -0.25) is 14.8 Å². The lowest BCUT2D eigenvalue weighted by atomic mass is 9.99. The predicted molar refractivity (Wildman–Crippen MR) is 108 cm³/mol. The minimum Gasteiger partial charge on any atom is -0.462 e. The number of nitrogens with zero attached hydrogens (tertiary/aromatic N) is 1. The van der Waals surface area contributed by atoms with Gasteiger partial charge in [-0.1, -0.05) is 52.4 Å². The number of unbranched alkanes of at least 4 members (excludes halogenated alkanes) is 6. The average molecular weight is 419 g/mol. The molecule has 0 unspecified atom stereocenters. The van der Waals surface area contributed by atoms with Crippen LogP contribution in [0.15, 0.2) is 12.1 Å². The van der Waals surface area contributed by atoms with Crippen LogP contribution in [0.3, 0.4) is 0 Å². The summed E-state index contributed by atoms with van der Waals surface area (Å²) in [5.74, 6) is -3.45. The Hall–Kier alpha value is -2.74. The van der Waals surface area contributed by atoms with Crippen molar-refractivity contribution < 1.29 is 33.9 Å². The SMILES string of the molecule is CCCCCCOC(=O)c1cc2c(cc1C(=O)OCCCCCC)C(=O)N(O)C2=O. The second-order valence-corrected chi connectivity index (χ2v) is 7.26. The van der Waals surface area contributed by atoms with E-state index in [9.17, 15) is 24.4 Å². The van der Waals surface area contributed by atoms with Crippen LogP contribution in [-0.4, -0.2) is 47.2 Å². The van der Waals surface area contributed by atoms with Gasteiger partial charge in [0.1, 0.15) is 0 Å². The number of hydrogen-bond donors (Lipinski definition) is 1. The summed E-state index contributed by atoms with van der Waals surface area (Å²) in [6, 6.07) is 2.24. The number of ether oxygens (including phenoxy) is 2. The van der Waals surface area contributed by atoms with E-state index in [1.165, 1.54) is 0 Å². The van der Waals surface area contributed by atoms with Crippen LogP contribution in [0, 0.1) is 0 Å². The van der Waals surface area contributed by atoms with Crippen molar-refractivity contribution in [2.24, 2.45) is 0 Å². The maximum Gasteiger partial charge on any atom is 0.339 e. The third kappa shape index (κ3) is 5.66. The maximum absolute atomic E-state index is 12.6. The Morgan fingerprint density at radius 2 is 1.17 bits per heavy atom. The van der Waals surface area contributed by atoms with E-state index >= 15 is 0 Å². The molecule has 0 fully saturated rings. The van der Waals surface area contributed by atoms with E-state index in [1.807, 2.05) is 0 Å². The summed E-state index contributed by atoms with van der Waals surface area (Å²) in [4.78, 5) is 49.3. The highest BCUT2D eigenvalue weighted by molar-refractivity contribution is 6.22. The summed E-state index contributed by atoms with van der Waals surface area (Å²) in [5.41, 5.74) is -0.613. The molecular weight excluding hydrogens is 390 g/mol. The van der Waals surface area contributed by atoms with Gasteiger partial charge < -0.3 is 9.47 Å². The fourth-order valence-electron chi connectivity index (χ4n) is 3.15. The van der Waals surface area contributed by atoms with Gasteiger partial charge >= 0.3 is 11.9 Å². The van der Waals surface area contributed by atoms with E-state index in [0.29, 0.717) is 12.8 Å². The highest BCUT2D eigenvalue weighted by atomic mass is 16.5. The summed E-state index contributed by atoms with van der Waals surface area (Å²) in [5, 5.41) is 9.56. The fraction of sp³-hybridized carbons (Fsp3) is 0.545. The van der Waals surface area contributed by atoms with Crippen molar-refractivity contribution in [3.05, 3.63) is 34.4 Å². The number of benzene rings is 1. The zero-order valence-electron chi connectivity index (χ0n) is 17.6. The summed E-state index contributed by atoms with van der Waals surface area (Å²) in [7, 11) is 0. The Morgan fingerprint density at radius 1 is 0.767 bits per heavy atom. The second-order valence-electron chi connectivity index (χ2n) is 7.26. The first-order valence-corrected chi connectivity index (χ1v) is 10.5. The van der Waals surface area contributed by atoms with Crippen molar-refractivity contribution in [3.8, 4) is 0 Å². The van der Waals surface area contributed by atoms with Crippen molar-refractivity contribution in [1.29, 1.82) is 0 Å². The number of carbonyl (C=O) groups excluding carboxylic acids is 4. The number of imide groups is 1. The normalized spacial score (nSPS) is 12.8. The molecule has 1 aromatic rings. The molecule has 30 heavy (non-hydrogen) atoms. The largest absolute Gasteiger partial charge is 0.462 e. The first-order valence-electron chi connectivity index (χ1n) is 10.5. The van der Waals surface area contributed by atoms with Crippen LogP contribution in [0.4, 0.5) is 0 Å². The Kier molecular flexibility index (Phi) is 8.98. The molecule has 0 atom stereocenters. The van der Waals surface area contributed by atoms with Crippen LogP contribution < -0.4 is 0 Å². The third-order valence-corrected chi connectivity index (χ3v) is 4.91. The molecule has 8 nitrogen and oxygen atoms in total. The number of hydrogen-bond acceptors (Lipinski definition) is 7. The minimum absolute atomic E-state index is 0.0373. The lowest BCUT2D eigenvalue weighted by molar-refractivity contribution is -0.0327. The molecule has 2 amide bonds. The number of rotatable bonds is 12. The molecule has 1 aliphatic rings. The summed E-state index contributed by atoms with van der Waals surface area (Å²) >= 11 is 0. The van der Waals surface area contributed by atoms with Crippen LogP contribution >= 0.6 is 0 Å². The molecule has 1 heterocycles. The first-order chi connectivity index (χ1) is 14.4. The van der Waals surface area contributed by atoms with E-state index < -0.39 is 23.8 Å². The van der Waals surface area contributed by atoms with Gasteiger partial charge in [-0.05, 0) is 25.0 Å². The molecule has 8 heteroatoms. The van der Waals surface area contributed by atoms with E-state index in [2.05, 4.69) is 13.8 Å². The Labute approximate surface area is 176 Å². The van der Waals surface area contributed by atoms with Gasteiger partial charge in [0.05, 0.1) is 35.5 Å². The van der Waals surface area contributed by atoms with Gasteiger partial charge in [0, 0.05) is 0 Å². The topological polar surface area (TPSA) is 110 Å². The average Bonchev–Trinajstić information content (AvgIpc) is 2.96. The molecule has 1 aliphatic heterocycles. The number of hydroxylamine groups is 2. The standard InChI is InChI=1S/C22H29NO7/c1-3-5-7-9-11-29-21(26)17-13-15-16(20(25)23(28)19(15)24)14-18(17)22(27)30-12-10-8-6-4-2/h13-14,28H,3-12H2,1-2H3. The summed E-state index contributed by atoms with van der Waals surface area (Å²) in [6.07, 6.45) is 7.32. The zero-order chi connectivity index (χ0) is 22.1. The second kappa shape index (κ2) is 11.4. The number of esters is 2. The van der Waals surface area contributed by atoms with E-state index in [4.69, 9.17) is 9.47 Å². The van der Waals surface area contributed by atoms with Gasteiger partial charge in [0.15, 0.2) is 0 Å². The van der Waals surface area contributed by atoms with Crippen molar-refractivity contribution in [2.45, 2.75) is 65.2 Å². The van der Waals surface area contributed by atoms with Crippen molar-refractivity contribution >= 4 is 23.8 Å². The van der Waals surface area contributed by atoms with Crippen molar-refractivity contribution in [2.75, 3.05) is 13.2 Å². The van der Waals surface area contributed by atoms with Crippen LogP contribution in [0.2, 0.25) is 0 Å². The molecule has 0 spiro atoms. The fourth-order valence-corrected chi connectivity index (χ4v) is 3.15. The van der Waals surface area contributed by atoms with E-state index in [-0.39, 0.29) is 40.5 Å². The Morgan fingerprint density at radius 3 is 1.53 bits per heavy atom. The van der Waals surface area contributed by atoms with Gasteiger partial charge in [0.25, 0.3) is 11.8 Å². The molecule has 1 aromatic carbocycles. The number of carbonyl (C=O) groups is 4. The summed E-state index contributed by atoms with van der Waals surface area (Å²) < 4.78 is 10.5. The molecule has 0 saturated carbocycles. The smallest absolute Gasteiger partial charge is 0.339 e. The van der Waals surface area contributed by atoms with Gasteiger partial charge in [-0.25, -0.2) is 9.59 Å². The third-order valence-electron chi connectivity index (χ3n) is 4.91. The first kappa shape index (κ1) is 23.5.